The van der Waals surface area contributed by atoms with E-state index in [4.69, 9.17) is 16.3 Å². The highest BCUT2D eigenvalue weighted by Crippen LogP contribution is 2.26. The van der Waals surface area contributed by atoms with Gasteiger partial charge < -0.3 is 15.0 Å². The van der Waals surface area contributed by atoms with Crippen molar-refractivity contribution in [2.24, 2.45) is 5.92 Å². The highest BCUT2D eigenvalue weighted by Gasteiger charge is 2.32. The summed E-state index contributed by atoms with van der Waals surface area (Å²) in [5, 5.41) is 3.41. The average Bonchev–Trinajstić information content (AvgIpc) is 2.94. The SMILES string of the molecule is CCOc1ccc(S(=O)(=O)N(CC(=O)N(Cc2ccc(Cl)cc2)C(C)C(=O)NCC(C)C)c2ccccc2)cc1. The smallest absolute Gasteiger partial charge is 0.264 e. The van der Waals surface area contributed by atoms with Gasteiger partial charge in [-0.05, 0) is 73.9 Å². The zero-order valence-corrected chi connectivity index (χ0v) is 24.8. The van der Waals surface area contributed by atoms with Gasteiger partial charge in [0.25, 0.3) is 10.0 Å². The molecular formula is C30H36ClN3O5S. The number of para-hydroxylation sites is 1. The molecule has 8 nitrogen and oxygen atoms in total. The van der Waals surface area contributed by atoms with Gasteiger partial charge in [0.1, 0.15) is 18.3 Å². The third-order valence-corrected chi connectivity index (χ3v) is 8.20. The van der Waals surface area contributed by atoms with E-state index in [1.165, 1.54) is 17.0 Å². The van der Waals surface area contributed by atoms with Crippen LogP contribution in [0.25, 0.3) is 0 Å². The Kier molecular flexibility index (Phi) is 11.0. The van der Waals surface area contributed by atoms with Crippen LogP contribution in [0.1, 0.15) is 33.3 Å². The number of carbonyl (C=O) groups excluding carboxylic acids is 2. The molecule has 0 aliphatic rings. The minimum Gasteiger partial charge on any atom is -0.494 e. The molecule has 40 heavy (non-hydrogen) atoms. The Balaban J connectivity index is 1.97. The van der Waals surface area contributed by atoms with E-state index in [-0.39, 0.29) is 23.3 Å². The second kappa shape index (κ2) is 14.2. The molecule has 3 rings (SSSR count). The summed E-state index contributed by atoms with van der Waals surface area (Å²) in [7, 11) is -4.15. The van der Waals surface area contributed by atoms with E-state index in [1.54, 1.807) is 73.7 Å². The number of amides is 2. The summed E-state index contributed by atoms with van der Waals surface area (Å²) in [6.45, 7) is 7.92. The lowest BCUT2D eigenvalue weighted by molar-refractivity contribution is -0.139. The first-order chi connectivity index (χ1) is 19.0. The van der Waals surface area contributed by atoms with Crippen molar-refractivity contribution in [2.75, 3.05) is 24.0 Å². The van der Waals surface area contributed by atoms with E-state index in [2.05, 4.69) is 5.32 Å². The fourth-order valence-corrected chi connectivity index (χ4v) is 5.49. The molecule has 0 saturated carbocycles. The van der Waals surface area contributed by atoms with Gasteiger partial charge >= 0.3 is 0 Å². The standard InChI is InChI=1S/C30H36ClN3O5S/c1-5-39-27-15-17-28(18-16-27)40(37,38)34(26-9-7-6-8-10-26)21-29(35)33(20-24-11-13-25(31)14-12-24)23(4)30(36)32-19-22(2)3/h6-18,22-23H,5,19-21H2,1-4H3,(H,32,36). The van der Waals surface area contributed by atoms with E-state index in [0.717, 1.165) is 9.87 Å². The number of benzene rings is 3. The molecule has 1 N–H and O–H groups in total. The number of halogens is 1. The van der Waals surface area contributed by atoms with Crippen molar-refractivity contribution in [2.45, 2.75) is 45.2 Å². The molecule has 0 aliphatic heterocycles. The largest absolute Gasteiger partial charge is 0.494 e. The minimum absolute atomic E-state index is 0.0135. The Morgan fingerprint density at radius 3 is 2.12 bits per heavy atom. The van der Waals surface area contributed by atoms with Crippen LogP contribution in [-0.4, -0.2) is 50.9 Å². The van der Waals surface area contributed by atoms with Gasteiger partial charge in [-0.25, -0.2) is 8.42 Å². The normalized spacial score (nSPS) is 12.1. The van der Waals surface area contributed by atoms with Crippen LogP contribution in [0.3, 0.4) is 0 Å². The molecule has 0 aromatic heterocycles. The van der Waals surface area contributed by atoms with E-state index in [1.807, 2.05) is 20.8 Å². The maximum Gasteiger partial charge on any atom is 0.264 e. The molecule has 0 saturated heterocycles. The van der Waals surface area contributed by atoms with Crippen LogP contribution in [0.5, 0.6) is 5.75 Å². The van der Waals surface area contributed by atoms with Crippen LogP contribution >= 0.6 is 11.6 Å². The van der Waals surface area contributed by atoms with Crippen molar-refractivity contribution in [1.29, 1.82) is 0 Å². The van der Waals surface area contributed by atoms with Crippen molar-refractivity contribution in [3.8, 4) is 5.75 Å². The molecule has 10 heteroatoms. The minimum atomic E-state index is -4.15. The first-order valence-electron chi connectivity index (χ1n) is 13.1. The predicted octanol–water partition coefficient (Wildman–Crippen LogP) is 5.12. The van der Waals surface area contributed by atoms with Gasteiger partial charge in [0.05, 0.1) is 17.2 Å². The molecule has 0 heterocycles. The van der Waals surface area contributed by atoms with Crippen molar-refractivity contribution < 1.29 is 22.7 Å². The quantitative estimate of drug-likeness (QED) is 0.300. The topological polar surface area (TPSA) is 96.0 Å². The molecule has 0 radical (unpaired) electrons. The molecule has 1 unspecified atom stereocenters. The monoisotopic (exact) mass is 585 g/mol. The molecule has 0 bridgehead atoms. The summed E-state index contributed by atoms with van der Waals surface area (Å²) < 4.78 is 34.2. The van der Waals surface area contributed by atoms with Crippen LogP contribution in [0, 0.1) is 5.92 Å². The van der Waals surface area contributed by atoms with Gasteiger partial charge in [0.15, 0.2) is 0 Å². The second-order valence-electron chi connectivity index (χ2n) is 9.71. The summed E-state index contributed by atoms with van der Waals surface area (Å²) in [5.41, 5.74) is 1.08. The first-order valence-corrected chi connectivity index (χ1v) is 15.0. The van der Waals surface area contributed by atoms with Crippen LogP contribution in [0.2, 0.25) is 5.02 Å². The number of hydrogen-bond donors (Lipinski definition) is 1. The predicted molar refractivity (Wildman–Crippen MR) is 158 cm³/mol. The van der Waals surface area contributed by atoms with Crippen LogP contribution in [-0.2, 0) is 26.2 Å². The Hall–Kier alpha value is -3.56. The van der Waals surface area contributed by atoms with Crippen molar-refractivity contribution in [1.82, 2.24) is 10.2 Å². The molecule has 3 aromatic carbocycles. The van der Waals surface area contributed by atoms with Gasteiger partial charge in [-0.3, -0.25) is 13.9 Å². The summed E-state index contributed by atoms with van der Waals surface area (Å²) in [4.78, 5) is 28.3. The summed E-state index contributed by atoms with van der Waals surface area (Å²) in [5.74, 6) is -0.0827. The zero-order valence-electron chi connectivity index (χ0n) is 23.2. The third-order valence-electron chi connectivity index (χ3n) is 6.16. The number of anilines is 1. The number of ether oxygens (including phenoxy) is 1. The summed E-state index contributed by atoms with van der Waals surface area (Å²) >= 11 is 6.04. The highest BCUT2D eigenvalue weighted by atomic mass is 35.5. The van der Waals surface area contributed by atoms with Crippen LogP contribution in [0.4, 0.5) is 5.69 Å². The van der Waals surface area contributed by atoms with E-state index in [9.17, 15) is 18.0 Å². The number of nitrogens with one attached hydrogen (secondary N) is 1. The average molecular weight is 586 g/mol. The molecule has 0 aliphatic carbocycles. The van der Waals surface area contributed by atoms with Gasteiger partial charge in [-0.1, -0.05) is 55.8 Å². The number of hydrogen-bond acceptors (Lipinski definition) is 5. The van der Waals surface area contributed by atoms with Crippen molar-refractivity contribution in [3.63, 3.8) is 0 Å². The highest BCUT2D eigenvalue weighted by molar-refractivity contribution is 7.92. The van der Waals surface area contributed by atoms with Gasteiger partial charge in [0.2, 0.25) is 11.8 Å². The van der Waals surface area contributed by atoms with Gasteiger partial charge in [-0.15, -0.1) is 0 Å². The van der Waals surface area contributed by atoms with E-state index in [0.29, 0.717) is 29.6 Å². The Bertz CT molecular complexity index is 1360. The number of rotatable bonds is 13. The molecule has 2 amide bonds. The lowest BCUT2D eigenvalue weighted by Crippen LogP contribution is -2.51. The van der Waals surface area contributed by atoms with E-state index >= 15 is 0 Å². The molecule has 1 atom stereocenters. The van der Waals surface area contributed by atoms with Crippen molar-refractivity contribution >= 4 is 39.1 Å². The second-order valence-corrected chi connectivity index (χ2v) is 12.0. The fourth-order valence-electron chi connectivity index (χ4n) is 3.95. The Morgan fingerprint density at radius 1 is 0.925 bits per heavy atom. The van der Waals surface area contributed by atoms with Crippen LogP contribution in [0.15, 0.2) is 83.8 Å². The molecule has 0 spiro atoms. The maximum atomic E-state index is 13.9. The molecular weight excluding hydrogens is 550 g/mol. The van der Waals surface area contributed by atoms with E-state index < -0.39 is 28.5 Å². The number of carbonyl (C=O) groups is 2. The number of sulfonamides is 1. The molecule has 214 valence electrons. The summed E-state index contributed by atoms with van der Waals surface area (Å²) in [6.07, 6.45) is 0. The maximum absolute atomic E-state index is 13.9. The Labute approximate surface area is 241 Å². The first kappa shape index (κ1) is 31.0. The fraction of sp³-hybridized carbons (Fsp3) is 0.333. The number of nitrogens with zero attached hydrogens (tertiary/aromatic N) is 2. The lowest BCUT2D eigenvalue weighted by atomic mass is 10.1. The lowest BCUT2D eigenvalue weighted by Gasteiger charge is -2.32. The van der Waals surface area contributed by atoms with Crippen LogP contribution < -0.4 is 14.4 Å². The summed E-state index contributed by atoms with van der Waals surface area (Å²) in [6, 6.07) is 20.6. The molecule has 0 fully saturated rings. The molecule has 3 aromatic rings. The third kappa shape index (κ3) is 8.22. The van der Waals surface area contributed by atoms with Crippen molar-refractivity contribution in [3.05, 3.63) is 89.4 Å². The zero-order chi connectivity index (χ0) is 29.3. The Morgan fingerprint density at radius 2 is 1.55 bits per heavy atom. The van der Waals surface area contributed by atoms with Gasteiger partial charge in [-0.2, -0.15) is 0 Å². The van der Waals surface area contributed by atoms with Gasteiger partial charge in [0, 0.05) is 18.1 Å².